The van der Waals surface area contributed by atoms with E-state index in [9.17, 15) is 0 Å². The molecule has 0 aliphatic rings. The van der Waals surface area contributed by atoms with E-state index in [-0.39, 0.29) is 0 Å². The molecule has 0 nitrogen and oxygen atoms in total. The molecule has 0 rings (SSSR count). The lowest BCUT2D eigenvalue weighted by molar-refractivity contribution is 0.698. The van der Waals surface area contributed by atoms with Gasteiger partial charge in [-0.2, -0.15) is 0 Å². The molecule has 0 aromatic rings. The molecule has 0 bridgehead atoms. The van der Waals surface area contributed by atoms with Crippen LogP contribution in [-0.2, 0) is 0 Å². The van der Waals surface area contributed by atoms with E-state index in [0.717, 1.165) is 0 Å². The second-order valence-corrected chi connectivity index (χ2v) is 2.64. The van der Waals surface area contributed by atoms with Gasteiger partial charge in [-0.3, -0.25) is 0 Å². The van der Waals surface area contributed by atoms with E-state index in [4.69, 9.17) is 0 Å². The van der Waals surface area contributed by atoms with Gasteiger partial charge >= 0.3 is 0 Å². The summed E-state index contributed by atoms with van der Waals surface area (Å²) in [5.74, 6) is 0.519. The molecule has 52 valence electrons. The standard InChI is InChI=1S/C8H15P/c1-3-8(4-2)6-5-7-9/h3-4,8H,1-2,5-7,9H2. The average Bonchev–Trinajstić information content (AvgIpc) is 1.91. The van der Waals surface area contributed by atoms with Crippen LogP contribution in [0.25, 0.3) is 0 Å². The molecule has 0 aromatic carbocycles. The van der Waals surface area contributed by atoms with Crippen molar-refractivity contribution in [3.05, 3.63) is 25.3 Å². The summed E-state index contributed by atoms with van der Waals surface area (Å²) in [6.45, 7) is 7.41. The monoisotopic (exact) mass is 142 g/mol. The maximum atomic E-state index is 3.71. The third-order valence-electron chi connectivity index (χ3n) is 1.35. The molecule has 1 heteroatoms. The molecule has 9 heavy (non-hydrogen) atoms. The van der Waals surface area contributed by atoms with E-state index in [1.807, 2.05) is 12.2 Å². The van der Waals surface area contributed by atoms with Gasteiger partial charge in [0.15, 0.2) is 0 Å². The molecule has 0 aliphatic heterocycles. The number of hydrogen-bond acceptors (Lipinski definition) is 0. The third kappa shape index (κ3) is 4.42. The van der Waals surface area contributed by atoms with Crippen LogP contribution in [0.15, 0.2) is 25.3 Å². The highest BCUT2D eigenvalue weighted by Gasteiger charge is 1.94. The minimum absolute atomic E-state index is 0.519. The van der Waals surface area contributed by atoms with Crippen LogP contribution in [-0.4, -0.2) is 6.16 Å². The highest BCUT2D eigenvalue weighted by molar-refractivity contribution is 7.16. The Hall–Kier alpha value is -0.0900. The van der Waals surface area contributed by atoms with Crippen molar-refractivity contribution in [2.75, 3.05) is 6.16 Å². The summed E-state index contributed by atoms with van der Waals surface area (Å²) in [4.78, 5) is 0. The Morgan fingerprint density at radius 2 is 1.89 bits per heavy atom. The summed E-state index contributed by atoms with van der Waals surface area (Å²) in [6.07, 6.45) is 7.52. The Balaban J connectivity index is 3.30. The van der Waals surface area contributed by atoms with E-state index in [1.165, 1.54) is 19.0 Å². The van der Waals surface area contributed by atoms with Crippen LogP contribution in [0.5, 0.6) is 0 Å². The zero-order valence-electron chi connectivity index (χ0n) is 5.84. The molecule has 0 saturated heterocycles. The minimum Gasteiger partial charge on any atom is -0.138 e. The maximum Gasteiger partial charge on any atom is -0.00587 e. The average molecular weight is 142 g/mol. The van der Waals surface area contributed by atoms with Crippen LogP contribution in [0.1, 0.15) is 12.8 Å². The quantitative estimate of drug-likeness (QED) is 0.409. The van der Waals surface area contributed by atoms with Crippen molar-refractivity contribution in [2.45, 2.75) is 12.8 Å². The number of allylic oxidation sites excluding steroid dienone is 2. The fourth-order valence-electron chi connectivity index (χ4n) is 0.685. The van der Waals surface area contributed by atoms with E-state index < -0.39 is 0 Å². The third-order valence-corrected chi connectivity index (χ3v) is 1.76. The molecule has 0 heterocycles. The van der Waals surface area contributed by atoms with Crippen molar-refractivity contribution in [3.8, 4) is 0 Å². The SMILES string of the molecule is C=CC(C=C)CCCP. The van der Waals surface area contributed by atoms with Gasteiger partial charge in [-0.25, -0.2) is 0 Å². The van der Waals surface area contributed by atoms with Crippen molar-refractivity contribution in [2.24, 2.45) is 5.92 Å². The van der Waals surface area contributed by atoms with Crippen LogP contribution < -0.4 is 0 Å². The molecular formula is C8H15P. The van der Waals surface area contributed by atoms with Crippen LogP contribution in [0.2, 0.25) is 0 Å². The molecule has 0 N–H and O–H groups in total. The van der Waals surface area contributed by atoms with Crippen LogP contribution in [0.4, 0.5) is 0 Å². The van der Waals surface area contributed by atoms with Crippen molar-refractivity contribution in [3.63, 3.8) is 0 Å². The summed E-state index contributed by atoms with van der Waals surface area (Å²) in [7, 11) is 2.72. The van der Waals surface area contributed by atoms with Crippen molar-refractivity contribution >= 4 is 9.24 Å². The van der Waals surface area contributed by atoms with Gasteiger partial charge in [0, 0.05) is 0 Å². The fraction of sp³-hybridized carbons (Fsp3) is 0.500. The Morgan fingerprint density at radius 1 is 1.33 bits per heavy atom. The van der Waals surface area contributed by atoms with Crippen molar-refractivity contribution in [1.29, 1.82) is 0 Å². The summed E-state index contributed by atoms with van der Waals surface area (Å²) in [5, 5.41) is 0. The van der Waals surface area contributed by atoms with Gasteiger partial charge in [-0.05, 0) is 24.9 Å². The van der Waals surface area contributed by atoms with Gasteiger partial charge in [0.05, 0.1) is 0 Å². The maximum absolute atomic E-state index is 3.71. The molecular weight excluding hydrogens is 127 g/mol. The van der Waals surface area contributed by atoms with E-state index in [0.29, 0.717) is 5.92 Å². The molecule has 1 unspecified atom stereocenters. The Morgan fingerprint density at radius 3 is 2.22 bits per heavy atom. The van der Waals surface area contributed by atoms with E-state index in [1.54, 1.807) is 0 Å². The van der Waals surface area contributed by atoms with Gasteiger partial charge in [0.2, 0.25) is 0 Å². The van der Waals surface area contributed by atoms with Crippen LogP contribution in [0.3, 0.4) is 0 Å². The zero-order valence-corrected chi connectivity index (χ0v) is 7.00. The van der Waals surface area contributed by atoms with Gasteiger partial charge in [-0.15, -0.1) is 22.4 Å². The van der Waals surface area contributed by atoms with Crippen LogP contribution >= 0.6 is 9.24 Å². The first kappa shape index (κ1) is 8.91. The Labute approximate surface area is 60.2 Å². The Kier molecular flexibility index (Phi) is 5.98. The van der Waals surface area contributed by atoms with Gasteiger partial charge in [-0.1, -0.05) is 12.2 Å². The second kappa shape index (κ2) is 6.04. The lowest BCUT2D eigenvalue weighted by atomic mass is 10.1. The first-order chi connectivity index (χ1) is 4.35. The first-order valence-electron chi connectivity index (χ1n) is 3.30. The normalized spacial score (nSPS) is 9.56. The van der Waals surface area contributed by atoms with Crippen molar-refractivity contribution < 1.29 is 0 Å². The smallest absolute Gasteiger partial charge is 0.00587 e. The molecule has 1 atom stereocenters. The molecule has 0 aromatic heterocycles. The summed E-state index contributed by atoms with van der Waals surface area (Å²) in [6, 6.07) is 0. The summed E-state index contributed by atoms with van der Waals surface area (Å²) in [5.41, 5.74) is 0. The minimum atomic E-state index is 0.519. The molecule has 0 saturated carbocycles. The molecule has 0 amide bonds. The molecule has 0 spiro atoms. The second-order valence-electron chi connectivity index (χ2n) is 2.07. The van der Waals surface area contributed by atoms with Gasteiger partial charge in [0.25, 0.3) is 0 Å². The van der Waals surface area contributed by atoms with Crippen molar-refractivity contribution in [1.82, 2.24) is 0 Å². The lowest BCUT2D eigenvalue weighted by Crippen LogP contribution is -1.90. The predicted molar refractivity (Wildman–Crippen MR) is 47.7 cm³/mol. The zero-order chi connectivity index (χ0) is 7.11. The van der Waals surface area contributed by atoms with E-state index >= 15 is 0 Å². The molecule has 0 aliphatic carbocycles. The molecule has 0 radical (unpaired) electrons. The van der Waals surface area contributed by atoms with Gasteiger partial charge in [0.1, 0.15) is 0 Å². The number of hydrogen-bond donors (Lipinski definition) is 0. The summed E-state index contributed by atoms with van der Waals surface area (Å²) < 4.78 is 0. The largest absolute Gasteiger partial charge is 0.138 e. The fourth-order valence-corrected chi connectivity index (χ4v) is 0.921. The lowest BCUT2D eigenvalue weighted by Gasteiger charge is -2.02. The van der Waals surface area contributed by atoms with Gasteiger partial charge < -0.3 is 0 Å². The summed E-state index contributed by atoms with van der Waals surface area (Å²) >= 11 is 0. The number of rotatable bonds is 5. The first-order valence-corrected chi connectivity index (χ1v) is 4.12. The Bertz CT molecular complexity index is 78.6. The molecule has 0 fully saturated rings. The predicted octanol–water partition coefficient (Wildman–Crippen LogP) is 2.63. The van der Waals surface area contributed by atoms with E-state index in [2.05, 4.69) is 22.4 Å². The highest BCUT2D eigenvalue weighted by atomic mass is 31.0. The highest BCUT2D eigenvalue weighted by Crippen LogP contribution is 2.08. The van der Waals surface area contributed by atoms with Crippen LogP contribution in [0, 0.1) is 5.92 Å². The topological polar surface area (TPSA) is 0 Å².